The molecular formula is C22H26F2N2O4. The predicted molar refractivity (Wildman–Crippen MR) is 107 cm³/mol. The van der Waals surface area contributed by atoms with Crippen LogP contribution in [-0.2, 0) is 11.2 Å². The average molecular weight is 420 g/mol. The van der Waals surface area contributed by atoms with Crippen molar-refractivity contribution in [3.05, 3.63) is 65.2 Å². The number of benzene rings is 2. The number of amides is 1. The summed E-state index contributed by atoms with van der Waals surface area (Å²) < 4.78 is 32.2. The maximum atomic E-state index is 14.0. The van der Waals surface area contributed by atoms with Gasteiger partial charge in [-0.1, -0.05) is 18.2 Å². The number of rotatable bonds is 8. The molecule has 6 nitrogen and oxygen atoms in total. The van der Waals surface area contributed by atoms with Crippen LogP contribution in [-0.4, -0.2) is 65.5 Å². The van der Waals surface area contributed by atoms with Crippen LogP contribution >= 0.6 is 0 Å². The van der Waals surface area contributed by atoms with Crippen LogP contribution in [0.2, 0.25) is 0 Å². The maximum absolute atomic E-state index is 14.0. The van der Waals surface area contributed by atoms with E-state index in [1.54, 1.807) is 24.1 Å². The van der Waals surface area contributed by atoms with Crippen LogP contribution < -0.4 is 4.74 Å². The summed E-state index contributed by atoms with van der Waals surface area (Å²) in [7, 11) is 1.65. The van der Waals surface area contributed by atoms with Gasteiger partial charge in [-0.25, -0.2) is 8.78 Å². The number of nitrogens with zero attached hydrogens (tertiary/aromatic N) is 2. The molecule has 0 radical (unpaired) electrons. The summed E-state index contributed by atoms with van der Waals surface area (Å²) in [5.41, 5.74) is 0.979. The van der Waals surface area contributed by atoms with E-state index in [1.807, 2.05) is 12.1 Å². The summed E-state index contributed by atoms with van der Waals surface area (Å²) in [5, 5.41) is 18.7. The number of hydrogen-bond acceptors (Lipinski definition) is 5. The second kappa shape index (κ2) is 9.97. The summed E-state index contributed by atoms with van der Waals surface area (Å²) in [6.45, 7) is 1.32. The molecule has 1 saturated heterocycles. The highest BCUT2D eigenvalue weighted by Gasteiger charge is 2.28. The number of aliphatic hydroxyl groups is 2. The summed E-state index contributed by atoms with van der Waals surface area (Å²) in [6, 6.07) is 9.87. The van der Waals surface area contributed by atoms with E-state index in [9.17, 15) is 18.7 Å². The summed E-state index contributed by atoms with van der Waals surface area (Å²) in [6.07, 6.45) is 0.0994. The zero-order valence-electron chi connectivity index (χ0n) is 16.8. The first-order chi connectivity index (χ1) is 14.4. The fourth-order valence-electron chi connectivity index (χ4n) is 3.66. The van der Waals surface area contributed by atoms with Crippen molar-refractivity contribution in [2.75, 3.05) is 33.5 Å². The molecule has 162 valence electrons. The molecule has 1 aliphatic rings. The van der Waals surface area contributed by atoms with Crippen molar-refractivity contribution in [3.8, 4) is 5.75 Å². The van der Waals surface area contributed by atoms with E-state index >= 15 is 0 Å². The Kier molecular flexibility index (Phi) is 7.36. The minimum absolute atomic E-state index is 0.135. The number of halogens is 2. The van der Waals surface area contributed by atoms with Gasteiger partial charge in [-0.2, -0.15) is 0 Å². The topological polar surface area (TPSA) is 73.2 Å². The molecule has 2 N–H and O–H groups in total. The minimum Gasteiger partial charge on any atom is -0.468 e. The third-order valence-corrected chi connectivity index (χ3v) is 5.39. The number of carbonyl (C=O) groups is 1. The second-order valence-electron chi connectivity index (χ2n) is 7.48. The van der Waals surface area contributed by atoms with Crippen molar-refractivity contribution < 1.29 is 28.5 Å². The first-order valence-corrected chi connectivity index (χ1v) is 9.81. The van der Waals surface area contributed by atoms with Gasteiger partial charge in [-0.3, -0.25) is 9.69 Å². The molecule has 0 aromatic heterocycles. The van der Waals surface area contributed by atoms with Gasteiger partial charge in [0.2, 0.25) is 5.91 Å². The van der Waals surface area contributed by atoms with Gasteiger partial charge in [-0.15, -0.1) is 0 Å². The highest BCUT2D eigenvalue weighted by Crippen LogP contribution is 2.26. The monoisotopic (exact) mass is 420 g/mol. The van der Waals surface area contributed by atoms with Gasteiger partial charge in [-0.05, 0) is 35.7 Å². The van der Waals surface area contributed by atoms with E-state index in [4.69, 9.17) is 9.84 Å². The molecule has 0 saturated carbocycles. The van der Waals surface area contributed by atoms with Crippen LogP contribution in [0, 0.1) is 11.6 Å². The van der Waals surface area contributed by atoms with Crippen molar-refractivity contribution in [2.45, 2.75) is 25.0 Å². The van der Waals surface area contributed by atoms with Gasteiger partial charge in [0.1, 0.15) is 17.4 Å². The Balaban J connectivity index is 1.79. The summed E-state index contributed by atoms with van der Waals surface area (Å²) in [5.74, 6) is -1.24. The number of aliphatic hydroxyl groups excluding tert-OH is 2. The zero-order valence-corrected chi connectivity index (χ0v) is 16.8. The Morgan fingerprint density at radius 3 is 2.60 bits per heavy atom. The standard InChI is InChI=1S/C22H26F2N2O4/c1-25(22(29)10-16-2-5-17(23)11-20(16)24)21(13-26-9-8-18(28)12-26)15-3-6-19(7-4-15)30-14-27/h2-7,11,18,21,27-28H,8-10,12-14H2,1H3/t18?,21-/m1/s1. The van der Waals surface area contributed by atoms with E-state index in [1.165, 1.54) is 6.07 Å². The molecule has 30 heavy (non-hydrogen) atoms. The van der Waals surface area contributed by atoms with Crippen molar-refractivity contribution in [1.29, 1.82) is 0 Å². The molecule has 2 aromatic rings. The fraction of sp³-hybridized carbons (Fsp3) is 0.409. The lowest BCUT2D eigenvalue weighted by Gasteiger charge is -2.32. The molecule has 2 aromatic carbocycles. The molecule has 8 heteroatoms. The Hall–Kier alpha value is -2.55. The summed E-state index contributed by atoms with van der Waals surface area (Å²) >= 11 is 0. The highest BCUT2D eigenvalue weighted by atomic mass is 19.1. The lowest BCUT2D eigenvalue weighted by Crippen LogP contribution is -2.39. The molecule has 1 unspecified atom stereocenters. The number of hydrogen-bond donors (Lipinski definition) is 2. The molecule has 1 fully saturated rings. The van der Waals surface area contributed by atoms with Gasteiger partial charge in [0.05, 0.1) is 18.6 Å². The Morgan fingerprint density at radius 1 is 1.27 bits per heavy atom. The molecule has 1 amide bonds. The first kappa shape index (κ1) is 22.1. The van der Waals surface area contributed by atoms with Crippen LogP contribution in [0.1, 0.15) is 23.6 Å². The molecule has 3 rings (SSSR count). The Labute approximate surface area is 174 Å². The Bertz CT molecular complexity index is 863. The predicted octanol–water partition coefficient (Wildman–Crippen LogP) is 2.10. The van der Waals surface area contributed by atoms with Crippen molar-refractivity contribution in [2.24, 2.45) is 0 Å². The van der Waals surface area contributed by atoms with E-state index < -0.39 is 18.4 Å². The number of carbonyl (C=O) groups excluding carboxylic acids is 1. The lowest BCUT2D eigenvalue weighted by atomic mass is 10.0. The maximum Gasteiger partial charge on any atom is 0.227 e. The van der Waals surface area contributed by atoms with Crippen LogP contribution in [0.5, 0.6) is 5.75 Å². The number of β-amino-alcohol motifs (C(OH)–C–C–N with tert-alkyl or cyclic N) is 1. The van der Waals surface area contributed by atoms with Crippen LogP contribution in [0.15, 0.2) is 42.5 Å². The van der Waals surface area contributed by atoms with Gasteiger partial charge in [0.15, 0.2) is 6.79 Å². The van der Waals surface area contributed by atoms with Crippen molar-refractivity contribution in [3.63, 3.8) is 0 Å². The minimum atomic E-state index is -0.749. The molecule has 2 atom stereocenters. The number of likely N-dealkylation sites (tertiary alicyclic amines) is 1. The molecule has 1 heterocycles. The Morgan fingerprint density at radius 2 is 2.00 bits per heavy atom. The second-order valence-corrected chi connectivity index (χ2v) is 7.48. The van der Waals surface area contributed by atoms with Gasteiger partial charge in [0.25, 0.3) is 0 Å². The fourth-order valence-corrected chi connectivity index (χ4v) is 3.66. The third kappa shape index (κ3) is 5.53. The lowest BCUT2D eigenvalue weighted by molar-refractivity contribution is -0.131. The molecule has 0 aliphatic carbocycles. The number of ether oxygens (including phenoxy) is 1. The van der Waals surface area contributed by atoms with E-state index in [0.717, 1.165) is 24.2 Å². The van der Waals surface area contributed by atoms with E-state index in [2.05, 4.69) is 4.90 Å². The van der Waals surface area contributed by atoms with Crippen LogP contribution in [0.4, 0.5) is 8.78 Å². The molecular weight excluding hydrogens is 394 g/mol. The van der Waals surface area contributed by atoms with Gasteiger partial charge < -0.3 is 19.8 Å². The normalized spacial score (nSPS) is 17.7. The quantitative estimate of drug-likeness (QED) is 0.640. The third-order valence-electron chi connectivity index (χ3n) is 5.39. The average Bonchev–Trinajstić information content (AvgIpc) is 3.13. The number of likely N-dealkylation sites (N-methyl/N-ethyl adjacent to an activating group) is 1. The van der Waals surface area contributed by atoms with E-state index in [-0.39, 0.29) is 30.0 Å². The van der Waals surface area contributed by atoms with Crippen LogP contribution in [0.3, 0.4) is 0 Å². The van der Waals surface area contributed by atoms with Gasteiger partial charge in [0, 0.05) is 32.7 Å². The smallest absolute Gasteiger partial charge is 0.227 e. The molecule has 1 aliphatic heterocycles. The SMILES string of the molecule is CN(C(=O)Cc1ccc(F)cc1F)[C@H](CN1CCC(O)C1)c1ccc(OCO)cc1. The zero-order chi connectivity index (χ0) is 21.7. The highest BCUT2D eigenvalue weighted by molar-refractivity contribution is 5.79. The van der Waals surface area contributed by atoms with Gasteiger partial charge >= 0.3 is 0 Å². The van der Waals surface area contributed by atoms with Crippen molar-refractivity contribution >= 4 is 5.91 Å². The van der Waals surface area contributed by atoms with Crippen LogP contribution in [0.25, 0.3) is 0 Å². The summed E-state index contributed by atoms with van der Waals surface area (Å²) in [4.78, 5) is 16.5. The molecule has 0 bridgehead atoms. The largest absolute Gasteiger partial charge is 0.468 e. The van der Waals surface area contributed by atoms with Crippen molar-refractivity contribution in [1.82, 2.24) is 9.80 Å². The molecule has 0 spiro atoms. The first-order valence-electron chi connectivity index (χ1n) is 9.81. The van der Waals surface area contributed by atoms with E-state index in [0.29, 0.717) is 25.3 Å².